The van der Waals surface area contributed by atoms with Gasteiger partial charge in [0.05, 0.1) is 12.2 Å². The van der Waals surface area contributed by atoms with Gasteiger partial charge in [-0.15, -0.1) is 0 Å². The van der Waals surface area contributed by atoms with Crippen LogP contribution in [0.3, 0.4) is 0 Å². The largest absolute Gasteiger partial charge is 0.317 e. The number of piperidine rings is 1. The third-order valence-electron chi connectivity index (χ3n) is 5.39. The highest BCUT2D eigenvalue weighted by atomic mass is 15.3. The average molecular weight is 382 g/mol. The molecule has 6 heteroatoms. The second-order valence-electron chi connectivity index (χ2n) is 7.31. The van der Waals surface area contributed by atoms with E-state index >= 15 is 0 Å². The Bertz CT molecular complexity index is 1080. The minimum absolute atomic E-state index is 0.473. The summed E-state index contributed by atoms with van der Waals surface area (Å²) in [6, 6.07) is 12.7. The molecule has 144 valence electrons. The van der Waals surface area contributed by atoms with Crippen molar-refractivity contribution < 1.29 is 0 Å². The lowest BCUT2D eigenvalue weighted by Crippen LogP contribution is -2.29. The Balaban J connectivity index is 1.38. The first-order valence-corrected chi connectivity index (χ1v) is 9.95. The van der Waals surface area contributed by atoms with Gasteiger partial charge in [-0.1, -0.05) is 24.3 Å². The Morgan fingerprint density at radius 1 is 0.793 bits per heavy atom. The quantitative estimate of drug-likeness (QED) is 0.578. The van der Waals surface area contributed by atoms with E-state index in [4.69, 9.17) is 0 Å². The van der Waals surface area contributed by atoms with Gasteiger partial charge in [0.1, 0.15) is 0 Å². The topological polar surface area (TPSA) is 68.5 Å². The van der Waals surface area contributed by atoms with Crippen LogP contribution in [0.1, 0.15) is 18.9 Å². The molecule has 4 heterocycles. The van der Waals surface area contributed by atoms with Crippen LogP contribution in [-0.2, 0) is 0 Å². The molecule has 0 unspecified atom stereocenters. The first-order chi connectivity index (χ1) is 14.4. The second-order valence-corrected chi connectivity index (χ2v) is 7.31. The number of nitrogens with one attached hydrogen (secondary N) is 1. The molecule has 4 aromatic rings. The Morgan fingerprint density at radius 2 is 1.59 bits per heavy atom. The van der Waals surface area contributed by atoms with Gasteiger partial charge in [-0.25, -0.2) is 9.97 Å². The molecule has 1 aliphatic heterocycles. The number of rotatable bonds is 4. The van der Waals surface area contributed by atoms with Crippen LogP contribution in [0.25, 0.3) is 33.6 Å². The lowest BCUT2D eigenvalue weighted by molar-refractivity contribution is 0.343. The van der Waals surface area contributed by atoms with Crippen LogP contribution in [0.15, 0.2) is 73.6 Å². The van der Waals surface area contributed by atoms with Gasteiger partial charge in [0.15, 0.2) is 5.82 Å². The normalized spacial score (nSPS) is 14.8. The third-order valence-corrected chi connectivity index (χ3v) is 5.39. The second kappa shape index (κ2) is 7.93. The Hall–Kier alpha value is -3.38. The van der Waals surface area contributed by atoms with Crippen LogP contribution in [0.5, 0.6) is 0 Å². The summed E-state index contributed by atoms with van der Waals surface area (Å²) in [5.74, 6) is 0.713. The fourth-order valence-corrected chi connectivity index (χ4v) is 3.76. The summed E-state index contributed by atoms with van der Waals surface area (Å²) in [5.41, 5.74) is 5.21. The summed E-state index contributed by atoms with van der Waals surface area (Å²) in [6.45, 7) is 2.10. The van der Waals surface area contributed by atoms with Crippen molar-refractivity contribution in [2.45, 2.75) is 18.9 Å². The predicted molar refractivity (Wildman–Crippen MR) is 113 cm³/mol. The third kappa shape index (κ3) is 3.79. The molecule has 1 aliphatic rings. The van der Waals surface area contributed by atoms with Crippen LogP contribution >= 0.6 is 0 Å². The SMILES string of the molecule is c1cncc(-c2cccc(-c3ncc(-c4cnn(C5CCNCC5)c4)cn3)c2)c1. The molecule has 0 bridgehead atoms. The highest BCUT2D eigenvalue weighted by Crippen LogP contribution is 2.26. The number of nitrogens with zero attached hydrogens (tertiary/aromatic N) is 5. The van der Waals surface area contributed by atoms with Crippen molar-refractivity contribution in [3.8, 4) is 33.6 Å². The van der Waals surface area contributed by atoms with Crippen LogP contribution in [0, 0.1) is 0 Å². The van der Waals surface area contributed by atoms with E-state index in [0.29, 0.717) is 11.9 Å². The molecule has 5 rings (SSSR count). The van der Waals surface area contributed by atoms with Crippen molar-refractivity contribution in [3.63, 3.8) is 0 Å². The smallest absolute Gasteiger partial charge is 0.159 e. The van der Waals surface area contributed by atoms with E-state index in [1.807, 2.05) is 43.0 Å². The van der Waals surface area contributed by atoms with Crippen LogP contribution < -0.4 is 5.32 Å². The van der Waals surface area contributed by atoms with Gasteiger partial charge in [-0.05, 0) is 43.6 Å². The molecule has 6 nitrogen and oxygen atoms in total. The number of hydrogen-bond donors (Lipinski definition) is 1. The highest BCUT2D eigenvalue weighted by molar-refractivity contribution is 5.70. The average Bonchev–Trinajstić information content (AvgIpc) is 3.31. The zero-order valence-electron chi connectivity index (χ0n) is 16.1. The van der Waals surface area contributed by atoms with Gasteiger partial charge in [-0.2, -0.15) is 5.10 Å². The number of pyridine rings is 1. The zero-order valence-corrected chi connectivity index (χ0v) is 16.1. The molecule has 1 saturated heterocycles. The van der Waals surface area contributed by atoms with Gasteiger partial charge in [0.2, 0.25) is 0 Å². The number of aromatic nitrogens is 5. The number of benzene rings is 1. The van der Waals surface area contributed by atoms with Crippen LogP contribution in [0.4, 0.5) is 0 Å². The van der Waals surface area contributed by atoms with Crippen LogP contribution in [-0.4, -0.2) is 37.8 Å². The lowest BCUT2D eigenvalue weighted by atomic mass is 10.0. The molecule has 1 N–H and O–H groups in total. The molecule has 3 aromatic heterocycles. The molecule has 0 atom stereocenters. The molecular weight excluding hydrogens is 360 g/mol. The fraction of sp³-hybridized carbons (Fsp3) is 0.217. The van der Waals surface area contributed by atoms with E-state index < -0.39 is 0 Å². The maximum Gasteiger partial charge on any atom is 0.159 e. The fourth-order valence-electron chi connectivity index (χ4n) is 3.76. The summed E-state index contributed by atoms with van der Waals surface area (Å²) in [5, 5.41) is 7.96. The monoisotopic (exact) mass is 382 g/mol. The summed E-state index contributed by atoms with van der Waals surface area (Å²) in [7, 11) is 0. The van der Waals surface area contributed by atoms with Crippen molar-refractivity contribution in [1.29, 1.82) is 0 Å². The highest BCUT2D eigenvalue weighted by Gasteiger charge is 2.16. The minimum atomic E-state index is 0.473. The lowest BCUT2D eigenvalue weighted by Gasteiger charge is -2.22. The summed E-state index contributed by atoms with van der Waals surface area (Å²) >= 11 is 0. The van der Waals surface area contributed by atoms with E-state index in [-0.39, 0.29) is 0 Å². The molecule has 1 fully saturated rings. The summed E-state index contributed by atoms with van der Waals surface area (Å²) in [4.78, 5) is 13.4. The Morgan fingerprint density at radius 3 is 2.38 bits per heavy atom. The van der Waals surface area contributed by atoms with Gasteiger partial charge < -0.3 is 5.32 Å². The predicted octanol–water partition coefficient (Wildman–Crippen LogP) is 3.99. The standard InChI is InChI=1S/C23H22N6/c1-3-17(19-5-2-8-25-12-19)11-18(4-1)23-26-13-20(14-27-23)21-15-28-29(16-21)22-6-9-24-10-7-22/h1-5,8,11-16,22,24H,6-7,9-10H2. The number of hydrogen-bond acceptors (Lipinski definition) is 5. The molecular formula is C23H22N6. The van der Waals surface area contributed by atoms with Crippen molar-refractivity contribution in [1.82, 2.24) is 30.0 Å². The van der Waals surface area contributed by atoms with Crippen molar-refractivity contribution in [2.24, 2.45) is 0 Å². The first kappa shape index (κ1) is 17.7. The molecule has 0 spiro atoms. The first-order valence-electron chi connectivity index (χ1n) is 9.95. The maximum atomic E-state index is 4.61. The van der Waals surface area contributed by atoms with E-state index in [1.165, 1.54) is 0 Å². The molecule has 0 radical (unpaired) electrons. The molecule has 29 heavy (non-hydrogen) atoms. The van der Waals surface area contributed by atoms with E-state index in [1.54, 1.807) is 6.20 Å². The zero-order chi connectivity index (χ0) is 19.5. The van der Waals surface area contributed by atoms with Crippen molar-refractivity contribution in [2.75, 3.05) is 13.1 Å². The van der Waals surface area contributed by atoms with Gasteiger partial charge >= 0.3 is 0 Å². The van der Waals surface area contributed by atoms with Gasteiger partial charge in [0.25, 0.3) is 0 Å². The molecule has 0 amide bonds. The van der Waals surface area contributed by atoms with E-state index in [9.17, 15) is 0 Å². The molecule has 1 aromatic carbocycles. The molecule has 0 aliphatic carbocycles. The summed E-state index contributed by atoms with van der Waals surface area (Å²) < 4.78 is 2.08. The minimum Gasteiger partial charge on any atom is -0.317 e. The summed E-state index contributed by atoms with van der Waals surface area (Å²) in [6.07, 6.45) is 13.6. The van der Waals surface area contributed by atoms with E-state index in [2.05, 4.69) is 54.4 Å². The van der Waals surface area contributed by atoms with Gasteiger partial charge in [-0.3, -0.25) is 9.67 Å². The Labute approximate surface area is 169 Å². The Kier molecular flexibility index (Phi) is 4.84. The van der Waals surface area contributed by atoms with Crippen molar-refractivity contribution in [3.05, 3.63) is 73.6 Å². The van der Waals surface area contributed by atoms with Gasteiger partial charge in [0, 0.05) is 53.2 Å². The maximum absolute atomic E-state index is 4.61. The van der Waals surface area contributed by atoms with Crippen LogP contribution in [0.2, 0.25) is 0 Å². The molecule has 0 saturated carbocycles. The van der Waals surface area contributed by atoms with E-state index in [0.717, 1.165) is 53.7 Å². The van der Waals surface area contributed by atoms with Crippen molar-refractivity contribution >= 4 is 0 Å².